The van der Waals surface area contributed by atoms with E-state index < -0.39 is 0 Å². The molecule has 0 atom stereocenters. The van der Waals surface area contributed by atoms with E-state index >= 15 is 0 Å². The van der Waals surface area contributed by atoms with Gasteiger partial charge in [0.25, 0.3) is 0 Å². The van der Waals surface area contributed by atoms with E-state index in [9.17, 15) is 0 Å². The second kappa shape index (κ2) is 4.50. The lowest BCUT2D eigenvalue weighted by Gasteiger charge is -1.97. The number of nitrogens with zero attached hydrogens (tertiary/aromatic N) is 2. The lowest BCUT2D eigenvalue weighted by molar-refractivity contribution is 0.278. The normalized spacial score (nSPS) is 10.4. The van der Waals surface area contributed by atoms with Gasteiger partial charge in [0.15, 0.2) is 5.13 Å². The van der Waals surface area contributed by atoms with Crippen LogP contribution in [-0.4, -0.2) is 15.1 Å². The lowest BCUT2D eigenvalue weighted by Crippen LogP contribution is -1.98. The Hall–Kier alpha value is -0.980. The molecule has 2 rings (SSSR count). The molecule has 6 heteroatoms. The summed E-state index contributed by atoms with van der Waals surface area (Å²) >= 11 is 3.10. The van der Waals surface area contributed by atoms with Crippen molar-refractivity contribution in [3.63, 3.8) is 0 Å². The molecular formula is C8H9N3OS2. The minimum absolute atomic E-state index is 0.00453. The Labute approximate surface area is 89.3 Å². The Bertz CT molecular complexity index is 385. The maximum Gasteiger partial charge on any atom is 0.183 e. The zero-order chi connectivity index (χ0) is 9.80. The number of aliphatic hydroxyl groups is 1. The van der Waals surface area contributed by atoms with Gasteiger partial charge in [-0.1, -0.05) is 0 Å². The van der Waals surface area contributed by atoms with Crippen LogP contribution in [0.3, 0.4) is 0 Å². The van der Waals surface area contributed by atoms with Crippen LogP contribution in [0.1, 0.15) is 10.7 Å². The molecule has 74 valence electrons. The molecule has 0 spiro atoms. The summed E-state index contributed by atoms with van der Waals surface area (Å²) in [7, 11) is 0. The first-order valence-corrected chi connectivity index (χ1v) is 5.82. The summed E-state index contributed by atoms with van der Waals surface area (Å²) in [5.41, 5.74) is 0.705. The van der Waals surface area contributed by atoms with Crippen LogP contribution in [-0.2, 0) is 13.2 Å². The monoisotopic (exact) mass is 227 g/mol. The maximum absolute atomic E-state index is 8.81. The van der Waals surface area contributed by atoms with Gasteiger partial charge in [-0.25, -0.2) is 9.97 Å². The molecule has 0 fully saturated rings. The van der Waals surface area contributed by atoms with Crippen molar-refractivity contribution < 1.29 is 5.11 Å². The topological polar surface area (TPSA) is 58.0 Å². The fourth-order valence-corrected chi connectivity index (χ4v) is 2.21. The van der Waals surface area contributed by atoms with E-state index in [4.69, 9.17) is 5.11 Å². The molecule has 0 aliphatic rings. The lowest BCUT2D eigenvalue weighted by atomic mass is 10.5. The highest BCUT2D eigenvalue weighted by Crippen LogP contribution is 2.16. The molecule has 0 aliphatic heterocycles. The smallest absolute Gasteiger partial charge is 0.183 e. The minimum Gasteiger partial charge on any atom is -0.390 e. The Morgan fingerprint density at radius 2 is 2.36 bits per heavy atom. The first-order chi connectivity index (χ1) is 6.88. The number of anilines is 1. The van der Waals surface area contributed by atoms with Gasteiger partial charge in [0.1, 0.15) is 5.01 Å². The number of aliphatic hydroxyl groups excluding tert-OH is 1. The van der Waals surface area contributed by atoms with Crippen LogP contribution in [0.5, 0.6) is 0 Å². The molecule has 0 saturated heterocycles. The van der Waals surface area contributed by atoms with E-state index in [1.165, 1.54) is 11.3 Å². The van der Waals surface area contributed by atoms with Gasteiger partial charge in [0, 0.05) is 17.0 Å². The quantitative estimate of drug-likeness (QED) is 0.834. The predicted molar refractivity (Wildman–Crippen MR) is 57.5 cm³/mol. The van der Waals surface area contributed by atoms with Crippen LogP contribution < -0.4 is 5.32 Å². The largest absolute Gasteiger partial charge is 0.390 e. The Morgan fingerprint density at radius 3 is 3.00 bits per heavy atom. The van der Waals surface area contributed by atoms with Gasteiger partial charge in [-0.05, 0) is 0 Å². The molecule has 0 aromatic carbocycles. The van der Waals surface area contributed by atoms with E-state index in [0.29, 0.717) is 12.2 Å². The van der Waals surface area contributed by atoms with E-state index in [1.807, 2.05) is 10.8 Å². The number of aromatic nitrogens is 2. The minimum atomic E-state index is -0.00453. The highest BCUT2D eigenvalue weighted by molar-refractivity contribution is 7.13. The molecule has 2 aromatic heterocycles. The van der Waals surface area contributed by atoms with Gasteiger partial charge in [-0.15, -0.1) is 22.7 Å². The van der Waals surface area contributed by atoms with E-state index in [2.05, 4.69) is 15.3 Å². The Balaban J connectivity index is 1.92. The van der Waals surface area contributed by atoms with Crippen molar-refractivity contribution in [1.82, 2.24) is 9.97 Å². The van der Waals surface area contributed by atoms with Crippen LogP contribution >= 0.6 is 22.7 Å². The summed E-state index contributed by atoms with van der Waals surface area (Å²) in [5.74, 6) is 0. The molecule has 2 aromatic rings. The fourth-order valence-electron chi connectivity index (χ4n) is 0.952. The van der Waals surface area contributed by atoms with Crippen molar-refractivity contribution in [2.45, 2.75) is 13.2 Å². The van der Waals surface area contributed by atoms with Crippen molar-refractivity contribution in [3.8, 4) is 0 Å². The van der Waals surface area contributed by atoms with Crippen molar-refractivity contribution in [1.29, 1.82) is 0 Å². The first-order valence-electron chi connectivity index (χ1n) is 4.06. The highest BCUT2D eigenvalue weighted by Gasteiger charge is 2.01. The highest BCUT2D eigenvalue weighted by atomic mass is 32.1. The Morgan fingerprint density at radius 1 is 1.43 bits per heavy atom. The molecule has 2 heterocycles. The molecule has 4 nitrogen and oxygen atoms in total. The van der Waals surface area contributed by atoms with Crippen LogP contribution in [0.2, 0.25) is 0 Å². The van der Waals surface area contributed by atoms with Gasteiger partial charge in [0.2, 0.25) is 0 Å². The van der Waals surface area contributed by atoms with Gasteiger partial charge >= 0.3 is 0 Å². The third-order valence-corrected chi connectivity index (χ3v) is 3.22. The van der Waals surface area contributed by atoms with Crippen LogP contribution in [0, 0.1) is 0 Å². The zero-order valence-corrected chi connectivity index (χ0v) is 8.94. The Kier molecular flexibility index (Phi) is 3.07. The van der Waals surface area contributed by atoms with Gasteiger partial charge < -0.3 is 10.4 Å². The number of thiazole rings is 2. The standard InChI is InChI=1S/C8H9N3OS2/c12-4-6-5-14-8(11-6)10-3-7-9-1-2-13-7/h1-2,5,12H,3-4H2,(H,10,11). The van der Waals surface area contributed by atoms with E-state index in [0.717, 1.165) is 10.1 Å². The molecule has 0 saturated carbocycles. The average molecular weight is 227 g/mol. The van der Waals surface area contributed by atoms with Gasteiger partial charge in [0.05, 0.1) is 18.8 Å². The number of nitrogens with one attached hydrogen (secondary N) is 1. The van der Waals surface area contributed by atoms with Crippen molar-refractivity contribution in [2.75, 3.05) is 5.32 Å². The summed E-state index contributed by atoms with van der Waals surface area (Å²) in [6.07, 6.45) is 1.78. The molecule has 0 amide bonds. The summed E-state index contributed by atoms with van der Waals surface area (Å²) in [6, 6.07) is 0. The third-order valence-electron chi connectivity index (χ3n) is 1.59. The van der Waals surface area contributed by atoms with E-state index in [1.54, 1.807) is 17.5 Å². The van der Waals surface area contributed by atoms with Crippen molar-refractivity contribution in [2.24, 2.45) is 0 Å². The molecule has 0 aliphatic carbocycles. The predicted octanol–water partition coefficient (Wildman–Crippen LogP) is 1.70. The average Bonchev–Trinajstić information content (AvgIpc) is 2.86. The SMILES string of the molecule is OCc1csc(NCc2nccs2)n1. The second-order valence-corrected chi connectivity index (χ2v) is 4.42. The summed E-state index contributed by atoms with van der Waals surface area (Å²) in [4.78, 5) is 8.30. The van der Waals surface area contributed by atoms with Crippen LogP contribution in [0.25, 0.3) is 0 Å². The van der Waals surface area contributed by atoms with Crippen LogP contribution in [0.15, 0.2) is 17.0 Å². The number of hydrogen-bond donors (Lipinski definition) is 2. The van der Waals surface area contributed by atoms with Gasteiger partial charge in [-0.2, -0.15) is 0 Å². The molecule has 2 N–H and O–H groups in total. The molecule has 14 heavy (non-hydrogen) atoms. The van der Waals surface area contributed by atoms with Crippen LogP contribution in [0.4, 0.5) is 5.13 Å². The molecule has 0 unspecified atom stereocenters. The fraction of sp³-hybridized carbons (Fsp3) is 0.250. The third kappa shape index (κ3) is 2.28. The summed E-state index contributed by atoms with van der Waals surface area (Å²) in [6.45, 7) is 0.686. The zero-order valence-electron chi connectivity index (χ0n) is 7.30. The van der Waals surface area contributed by atoms with Crippen molar-refractivity contribution >= 4 is 27.8 Å². The van der Waals surface area contributed by atoms with E-state index in [-0.39, 0.29) is 6.61 Å². The van der Waals surface area contributed by atoms with Gasteiger partial charge in [-0.3, -0.25) is 0 Å². The van der Waals surface area contributed by atoms with Crippen molar-refractivity contribution in [3.05, 3.63) is 27.7 Å². The first kappa shape index (κ1) is 9.57. The summed E-state index contributed by atoms with van der Waals surface area (Å²) in [5, 5.41) is 17.6. The molecular weight excluding hydrogens is 218 g/mol. The number of rotatable bonds is 4. The molecule has 0 bridgehead atoms. The molecule has 0 radical (unpaired) electrons. The second-order valence-electron chi connectivity index (χ2n) is 2.58. The number of hydrogen-bond acceptors (Lipinski definition) is 6. The summed E-state index contributed by atoms with van der Waals surface area (Å²) < 4.78 is 0. The maximum atomic E-state index is 8.81.